The molecule has 13 nitrogen and oxygen atoms in total. The first-order valence-electron chi connectivity index (χ1n) is 9.14. The molecule has 0 saturated heterocycles. The third kappa shape index (κ3) is 10.3. The van der Waals surface area contributed by atoms with Gasteiger partial charge in [-0.2, -0.15) is 12.6 Å². The minimum absolute atomic E-state index is 0.115. The van der Waals surface area contributed by atoms with Gasteiger partial charge in [0.05, 0.1) is 6.10 Å². The highest BCUT2D eigenvalue weighted by atomic mass is 32.1. The van der Waals surface area contributed by atoms with E-state index in [2.05, 4.69) is 33.6 Å². The number of hydrogen-bond acceptors (Lipinski definition) is 8. The van der Waals surface area contributed by atoms with Gasteiger partial charge in [-0.1, -0.05) is 0 Å². The number of nitrogens with zero attached hydrogens (tertiary/aromatic N) is 1. The number of aliphatic hydroxyl groups is 1. The number of rotatable bonds is 13. The summed E-state index contributed by atoms with van der Waals surface area (Å²) in [6, 6.07) is -4.67. The van der Waals surface area contributed by atoms with Crippen LogP contribution in [0.3, 0.4) is 0 Å². The van der Waals surface area contributed by atoms with Crippen molar-refractivity contribution < 1.29 is 29.4 Å². The van der Waals surface area contributed by atoms with Crippen LogP contribution < -0.4 is 33.2 Å². The average Bonchev–Trinajstić information content (AvgIpc) is 2.66. The molecule has 0 bridgehead atoms. The predicted octanol–water partition coefficient (Wildman–Crippen LogP) is -3.76. The van der Waals surface area contributed by atoms with Crippen LogP contribution >= 0.6 is 12.6 Å². The number of aliphatic hydroxyl groups excluding tert-OH is 1. The lowest BCUT2D eigenvalue weighted by Gasteiger charge is -2.23. The average molecular weight is 450 g/mol. The summed E-state index contributed by atoms with van der Waals surface area (Å²) in [5, 5.41) is 25.5. The number of aliphatic imine (C=N–C) groups is 1. The Balaban J connectivity index is 5.10. The van der Waals surface area contributed by atoms with Crippen LogP contribution in [0.15, 0.2) is 4.99 Å². The first-order valence-corrected chi connectivity index (χ1v) is 9.77. The topological polar surface area (TPSA) is 235 Å². The maximum Gasteiger partial charge on any atom is 0.327 e. The van der Waals surface area contributed by atoms with Crippen LogP contribution in [0.1, 0.15) is 26.7 Å². The molecule has 3 amide bonds. The number of carboxylic acid groups (broad SMARTS) is 1. The number of nitrogens with two attached hydrogens (primary N) is 3. The highest BCUT2D eigenvalue weighted by Crippen LogP contribution is 2.02. The number of amides is 3. The summed E-state index contributed by atoms with van der Waals surface area (Å²) in [7, 11) is 0. The summed E-state index contributed by atoms with van der Waals surface area (Å²) in [4.78, 5) is 51.6. The van der Waals surface area contributed by atoms with Crippen LogP contribution in [0.4, 0.5) is 0 Å². The molecule has 0 radical (unpaired) electrons. The molecule has 0 aliphatic carbocycles. The van der Waals surface area contributed by atoms with Crippen molar-refractivity contribution in [1.29, 1.82) is 0 Å². The number of thiol groups is 1. The second-order valence-electron chi connectivity index (χ2n) is 6.59. The van der Waals surface area contributed by atoms with Crippen molar-refractivity contribution in [3.05, 3.63) is 0 Å². The summed E-state index contributed by atoms with van der Waals surface area (Å²) in [6.07, 6.45) is -0.709. The van der Waals surface area contributed by atoms with Gasteiger partial charge >= 0.3 is 5.97 Å². The Bertz CT molecular complexity index is 642. The van der Waals surface area contributed by atoms with E-state index < -0.39 is 54.0 Å². The number of guanidine groups is 1. The standard InChI is InChI=1S/C16H31N7O6S/c1-7(12(25)23-10(6-30)15(28)29)21-13(26)9(4-3-5-20-16(18)19)22-14(27)11(17)8(2)24/h7-11,24,30H,3-6,17H2,1-2H3,(H,21,26)(H,22,27)(H,23,25)(H,28,29)(H4,18,19,20). The molecule has 0 spiro atoms. The molecule has 11 N–H and O–H groups in total. The fraction of sp³-hybridized carbons (Fsp3) is 0.688. The number of carbonyl (C=O) groups is 4. The fourth-order valence-electron chi connectivity index (χ4n) is 2.12. The summed E-state index contributed by atoms with van der Waals surface area (Å²) < 4.78 is 0. The van der Waals surface area contributed by atoms with Gasteiger partial charge in [0.15, 0.2) is 5.96 Å². The molecule has 0 aromatic heterocycles. The van der Waals surface area contributed by atoms with Gasteiger partial charge in [-0.05, 0) is 26.7 Å². The monoisotopic (exact) mass is 449 g/mol. The first-order chi connectivity index (χ1) is 13.9. The zero-order valence-corrected chi connectivity index (χ0v) is 17.8. The van der Waals surface area contributed by atoms with Gasteiger partial charge in [0.1, 0.15) is 24.2 Å². The van der Waals surface area contributed by atoms with Gasteiger partial charge in [-0.25, -0.2) is 4.79 Å². The van der Waals surface area contributed by atoms with Crippen molar-refractivity contribution in [3.63, 3.8) is 0 Å². The van der Waals surface area contributed by atoms with Crippen LogP contribution in [-0.4, -0.2) is 82.4 Å². The highest BCUT2D eigenvalue weighted by molar-refractivity contribution is 7.80. The first kappa shape index (κ1) is 27.4. The molecule has 0 aromatic rings. The fourth-order valence-corrected chi connectivity index (χ4v) is 2.37. The molecule has 0 fully saturated rings. The van der Waals surface area contributed by atoms with E-state index in [1.165, 1.54) is 13.8 Å². The van der Waals surface area contributed by atoms with Crippen molar-refractivity contribution in [1.82, 2.24) is 16.0 Å². The Hall–Kier alpha value is -2.58. The number of nitrogens with one attached hydrogen (secondary N) is 3. The van der Waals surface area contributed by atoms with Crippen LogP contribution in [-0.2, 0) is 19.2 Å². The second kappa shape index (κ2) is 13.6. The number of carboxylic acids is 1. The molecule has 0 saturated carbocycles. The Morgan fingerprint density at radius 1 is 1.00 bits per heavy atom. The zero-order chi connectivity index (χ0) is 23.4. The van der Waals surface area contributed by atoms with Gasteiger partial charge < -0.3 is 43.4 Å². The van der Waals surface area contributed by atoms with E-state index in [4.69, 9.17) is 22.3 Å². The van der Waals surface area contributed by atoms with Gasteiger partial charge in [0.2, 0.25) is 17.7 Å². The second-order valence-corrected chi connectivity index (χ2v) is 6.95. The minimum Gasteiger partial charge on any atom is -0.480 e. The molecule has 0 aliphatic heterocycles. The molecule has 30 heavy (non-hydrogen) atoms. The molecule has 0 aliphatic rings. The van der Waals surface area contributed by atoms with Gasteiger partial charge in [-0.15, -0.1) is 0 Å². The van der Waals surface area contributed by atoms with Crippen LogP contribution in [0, 0.1) is 0 Å². The largest absolute Gasteiger partial charge is 0.480 e. The van der Waals surface area contributed by atoms with Crippen molar-refractivity contribution in [3.8, 4) is 0 Å². The molecular formula is C16H31N7O6S. The van der Waals surface area contributed by atoms with Crippen molar-refractivity contribution in [2.24, 2.45) is 22.2 Å². The maximum atomic E-state index is 12.6. The molecule has 0 rings (SSSR count). The molecular weight excluding hydrogens is 418 g/mol. The molecule has 172 valence electrons. The van der Waals surface area contributed by atoms with Crippen LogP contribution in [0.5, 0.6) is 0 Å². The van der Waals surface area contributed by atoms with Crippen molar-refractivity contribution >= 4 is 42.3 Å². The summed E-state index contributed by atoms with van der Waals surface area (Å²) in [6.45, 7) is 2.87. The SMILES string of the molecule is CC(NC(=O)C(CCCN=C(N)N)NC(=O)C(N)C(C)O)C(=O)NC(CS)C(=O)O. The van der Waals surface area contributed by atoms with Crippen LogP contribution in [0.25, 0.3) is 0 Å². The van der Waals surface area contributed by atoms with Crippen molar-refractivity contribution in [2.75, 3.05) is 12.3 Å². The molecule has 0 aromatic carbocycles. The van der Waals surface area contributed by atoms with E-state index in [-0.39, 0.29) is 24.7 Å². The summed E-state index contributed by atoms with van der Waals surface area (Å²) in [5.74, 6) is -3.73. The molecule has 5 atom stereocenters. The molecule has 14 heteroatoms. The smallest absolute Gasteiger partial charge is 0.327 e. The minimum atomic E-state index is -1.27. The zero-order valence-electron chi connectivity index (χ0n) is 16.9. The molecule has 0 heterocycles. The van der Waals surface area contributed by atoms with E-state index in [1.54, 1.807) is 0 Å². The van der Waals surface area contributed by atoms with E-state index in [1.807, 2.05) is 0 Å². The van der Waals surface area contributed by atoms with E-state index >= 15 is 0 Å². The highest BCUT2D eigenvalue weighted by Gasteiger charge is 2.28. The normalized spacial score (nSPS) is 15.6. The summed E-state index contributed by atoms with van der Waals surface area (Å²) in [5.41, 5.74) is 16.0. The van der Waals surface area contributed by atoms with Gasteiger partial charge in [0, 0.05) is 12.3 Å². The summed E-state index contributed by atoms with van der Waals surface area (Å²) >= 11 is 3.84. The van der Waals surface area contributed by atoms with E-state index in [0.717, 1.165) is 0 Å². The molecule has 5 unspecified atom stereocenters. The Kier molecular flexibility index (Phi) is 12.4. The van der Waals surface area contributed by atoms with E-state index in [0.29, 0.717) is 6.42 Å². The number of aliphatic carboxylic acids is 1. The lowest BCUT2D eigenvalue weighted by Crippen LogP contribution is -2.57. The third-order valence-electron chi connectivity index (χ3n) is 3.95. The van der Waals surface area contributed by atoms with Crippen molar-refractivity contribution in [2.45, 2.75) is 57.0 Å². The predicted molar refractivity (Wildman–Crippen MR) is 113 cm³/mol. The number of hydrogen-bond donors (Lipinski definition) is 9. The Morgan fingerprint density at radius 2 is 1.57 bits per heavy atom. The third-order valence-corrected chi connectivity index (χ3v) is 4.32. The van der Waals surface area contributed by atoms with Crippen LogP contribution in [0.2, 0.25) is 0 Å². The Morgan fingerprint density at radius 3 is 2.03 bits per heavy atom. The lowest BCUT2D eigenvalue weighted by molar-refractivity contribution is -0.141. The lowest BCUT2D eigenvalue weighted by atomic mass is 10.1. The van der Waals surface area contributed by atoms with Gasteiger partial charge in [0.25, 0.3) is 0 Å². The number of carbonyl (C=O) groups excluding carboxylic acids is 3. The van der Waals surface area contributed by atoms with E-state index in [9.17, 15) is 24.3 Å². The van der Waals surface area contributed by atoms with Gasteiger partial charge in [-0.3, -0.25) is 19.4 Å². The maximum absolute atomic E-state index is 12.6. The quantitative estimate of drug-likeness (QED) is 0.0580. The Labute approximate surface area is 179 Å².